The smallest absolute Gasteiger partial charge is 0.353 e. The fourth-order valence-corrected chi connectivity index (χ4v) is 4.26. The van der Waals surface area contributed by atoms with Crippen LogP contribution in [-0.4, -0.2) is 51.5 Å². The van der Waals surface area contributed by atoms with Crippen LogP contribution in [0, 0.1) is 0 Å². The maximum Gasteiger partial charge on any atom is 0.417 e. The van der Waals surface area contributed by atoms with Crippen molar-refractivity contribution in [3.05, 3.63) is 64.2 Å². The molecular weight excluding hydrogens is 459 g/mol. The highest BCUT2D eigenvalue weighted by atomic mass is 19.4. The molecule has 186 valence electrons. The number of carbonyl (C=O) groups excluding carboxylic acids is 1. The first-order valence-corrected chi connectivity index (χ1v) is 11.8. The van der Waals surface area contributed by atoms with Crippen LogP contribution in [0.4, 0.5) is 19.0 Å². The largest absolute Gasteiger partial charge is 0.417 e. The average Bonchev–Trinajstić information content (AvgIpc) is 2.86. The first-order valence-electron chi connectivity index (χ1n) is 11.8. The number of halogens is 3. The van der Waals surface area contributed by atoms with Crippen LogP contribution < -0.4 is 10.5 Å². The van der Waals surface area contributed by atoms with Gasteiger partial charge in [0.2, 0.25) is 5.91 Å². The molecule has 35 heavy (non-hydrogen) atoms. The van der Waals surface area contributed by atoms with Gasteiger partial charge >= 0.3 is 6.18 Å². The maximum absolute atomic E-state index is 13.1. The molecule has 0 aliphatic carbocycles. The van der Waals surface area contributed by atoms with Crippen molar-refractivity contribution in [3.63, 3.8) is 0 Å². The predicted octanol–water partition coefficient (Wildman–Crippen LogP) is 3.89. The molecule has 0 saturated carbocycles. The van der Waals surface area contributed by atoms with Crippen LogP contribution in [0.1, 0.15) is 37.4 Å². The standard InChI is InChI=1S/C25H28F3N5O2/c1-2-3-12-33-21-7-5-4-6-19(21)30-20(24(33)35)9-11-23(34)32-15-13-31(14-16-32)22-10-8-18(17-29-22)25(26,27)28/h4-8,10,17H,2-3,9,11-16H2,1H3. The number of aryl methyl sites for hydroxylation is 2. The van der Waals surface area contributed by atoms with Crippen molar-refractivity contribution in [1.29, 1.82) is 0 Å². The Morgan fingerprint density at radius 3 is 2.46 bits per heavy atom. The molecule has 0 radical (unpaired) electrons. The van der Waals surface area contributed by atoms with Crippen LogP contribution >= 0.6 is 0 Å². The SMILES string of the molecule is CCCCn1c(=O)c(CCC(=O)N2CCN(c3ccc(C(F)(F)F)cn3)CC2)nc2ccccc21. The first kappa shape index (κ1) is 24.7. The van der Waals surface area contributed by atoms with Crippen LogP contribution in [-0.2, 0) is 23.9 Å². The Hall–Kier alpha value is -3.43. The zero-order chi connectivity index (χ0) is 25.0. The van der Waals surface area contributed by atoms with E-state index >= 15 is 0 Å². The average molecular weight is 488 g/mol. The van der Waals surface area contributed by atoms with Crippen molar-refractivity contribution in [2.45, 2.75) is 45.3 Å². The molecule has 1 aliphatic rings. The van der Waals surface area contributed by atoms with E-state index in [1.165, 1.54) is 6.07 Å². The Kier molecular flexibility index (Phi) is 7.37. The summed E-state index contributed by atoms with van der Waals surface area (Å²) in [5.74, 6) is 0.387. The Morgan fingerprint density at radius 1 is 1.06 bits per heavy atom. The first-order chi connectivity index (χ1) is 16.8. The Labute approximate surface area is 201 Å². The molecule has 0 unspecified atom stereocenters. The van der Waals surface area contributed by atoms with Gasteiger partial charge in [0.1, 0.15) is 11.5 Å². The van der Waals surface area contributed by atoms with Crippen molar-refractivity contribution >= 4 is 22.8 Å². The maximum atomic E-state index is 13.1. The number of fused-ring (bicyclic) bond motifs is 1. The third-order valence-electron chi connectivity index (χ3n) is 6.26. The van der Waals surface area contributed by atoms with Gasteiger partial charge in [-0.25, -0.2) is 9.97 Å². The molecular formula is C25H28F3N5O2. The molecule has 1 fully saturated rings. The number of hydrogen-bond acceptors (Lipinski definition) is 5. The summed E-state index contributed by atoms with van der Waals surface area (Å²) in [5.41, 5.74) is 0.993. The molecule has 0 N–H and O–H groups in total. The summed E-state index contributed by atoms with van der Waals surface area (Å²) in [4.78, 5) is 37.9. The minimum atomic E-state index is -4.42. The molecule has 0 atom stereocenters. The van der Waals surface area contributed by atoms with E-state index < -0.39 is 11.7 Å². The van der Waals surface area contributed by atoms with E-state index in [2.05, 4.69) is 16.9 Å². The summed E-state index contributed by atoms with van der Waals surface area (Å²) in [6.07, 6.45) is -1.32. The lowest BCUT2D eigenvalue weighted by Crippen LogP contribution is -2.49. The molecule has 3 aromatic rings. The van der Waals surface area contributed by atoms with Crippen molar-refractivity contribution in [3.8, 4) is 0 Å². The highest BCUT2D eigenvalue weighted by Gasteiger charge is 2.31. The van der Waals surface area contributed by atoms with Gasteiger partial charge in [0, 0.05) is 51.8 Å². The van der Waals surface area contributed by atoms with Crippen LogP contribution in [0.15, 0.2) is 47.4 Å². The molecule has 0 spiro atoms. The van der Waals surface area contributed by atoms with Gasteiger partial charge in [-0.3, -0.25) is 9.59 Å². The molecule has 1 saturated heterocycles. The number of carbonyl (C=O) groups is 1. The van der Waals surface area contributed by atoms with E-state index in [9.17, 15) is 22.8 Å². The lowest BCUT2D eigenvalue weighted by atomic mass is 10.2. The van der Waals surface area contributed by atoms with Crippen molar-refractivity contribution in [2.24, 2.45) is 0 Å². The lowest BCUT2D eigenvalue weighted by molar-refractivity contribution is -0.137. The van der Waals surface area contributed by atoms with E-state index in [1.807, 2.05) is 29.2 Å². The number of hydrogen-bond donors (Lipinski definition) is 0. The Bertz CT molecular complexity index is 1230. The van der Waals surface area contributed by atoms with Gasteiger partial charge in [0.15, 0.2) is 0 Å². The molecule has 10 heteroatoms. The van der Waals surface area contributed by atoms with E-state index in [0.29, 0.717) is 44.2 Å². The molecule has 2 aromatic heterocycles. The van der Waals surface area contributed by atoms with Crippen molar-refractivity contribution in [2.75, 3.05) is 31.1 Å². The van der Waals surface area contributed by atoms with Gasteiger partial charge in [-0.1, -0.05) is 25.5 Å². The minimum absolute atomic E-state index is 0.0699. The summed E-state index contributed by atoms with van der Waals surface area (Å²) in [6, 6.07) is 9.90. The van der Waals surface area contributed by atoms with Gasteiger partial charge in [0.05, 0.1) is 16.6 Å². The minimum Gasteiger partial charge on any atom is -0.353 e. The summed E-state index contributed by atoms with van der Waals surface area (Å²) in [5, 5.41) is 0. The predicted molar refractivity (Wildman–Crippen MR) is 127 cm³/mol. The van der Waals surface area contributed by atoms with Crippen LogP contribution in [0.3, 0.4) is 0 Å². The second-order valence-electron chi connectivity index (χ2n) is 8.63. The van der Waals surface area contributed by atoms with Crippen LogP contribution in [0.5, 0.6) is 0 Å². The van der Waals surface area contributed by atoms with Gasteiger partial charge in [-0.05, 0) is 30.7 Å². The van der Waals surface area contributed by atoms with E-state index in [1.54, 1.807) is 9.47 Å². The number of para-hydroxylation sites is 2. The number of unbranched alkanes of at least 4 members (excludes halogenated alkanes) is 1. The number of benzene rings is 1. The van der Waals surface area contributed by atoms with Gasteiger partial charge in [0.25, 0.3) is 5.56 Å². The van der Waals surface area contributed by atoms with Crippen molar-refractivity contribution < 1.29 is 18.0 Å². The third-order valence-corrected chi connectivity index (χ3v) is 6.26. The number of alkyl halides is 3. The summed E-state index contributed by atoms with van der Waals surface area (Å²) >= 11 is 0. The van der Waals surface area contributed by atoms with Gasteiger partial charge in [-0.15, -0.1) is 0 Å². The number of nitrogens with zero attached hydrogens (tertiary/aromatic N) is 5. The zero-order valence-electron chi connectivity index (χ0n) is 19.6. The molecule has 1 aromatic carbocycles. The van der Waals surface area contributed by atoms with E-state index in [-0.39, 0.29) is 24.3 Å². The highest BCUT2D eigenvalue weighted by Crippen LogP contribution is 2.29. The normalized spacial score (nSPS) is 14.5. The summed E-state index contributed by atoms with van der Waals surface area (Å²) in [6.45, 7) is 4.51. The highest BCUT2D eigenvalue weighted by molar-refractivity contribution is 5.77. The quantitative estimate of drug-likeness (QED) is 0.506. The van der Waals surface area contributed by atoms with Crippen molar-refractivity contribution in [1.82, 2.24) is 19.4 Å². The van der Waals surface area contributed by atoms with E-state index in [4.69, 9.17) is 0 Å². The summed E-state index contributed by atoms with van der Waals surface area (Å²) in [7, 11) is 0. The topological polar surface area (TPSA) is 71.3 Å². The molecule has 3 heterocycles. The molecule has 1 aliphatic heterocycles. The molecule has 7 nitrogen and oxygen atoms in total. The van der Waals surface area contributed by atoms with Crippen LogP contribution in [0.2, 0.25) is 0 Å². The fraction of sp³-hybridized carbons (Fsp3) is 0.440. The fourth-order valence-electron chi connectivity index (χ4n) is 4.26. The van der Waals surface area contributed by atoms with E-state index in [0.717, 1.165) is 36.1 Å². The van der Waals surface area contributed by atoms with Gasteiger partial charge < -0.3 is 14.4 Å². The van der Waals surface area contributed by atoms with Crippen LogP contribution in [0.25, 0.3) is 11.0 Å². The summed E-state index contributed by atoms with van der Waals surface area (Å²) < 4.78 is 40.0. The second kappa shape index (κ2) is 10.5. The Balaban J connectivity index is 1.37. The number of rotatable bonds is 7. The number of pyridine rings is 1. The van der Waals surface area contributed by atoms with Gasteiger partial charge in [-0.2, -0.15) is 13.2 Å². The molecule has 1 amide bonds. The monoisotopic (exact) mass is 487 g/mol. The lowest BCUT2D eigenvalue weighted by Gasteiger charge is -2.35. The number of anilines is 1. The second-order valence-corrected chi connectivity index (χ2v) is 8.63. The number of piperazine rings is 1. The molecule has 0 bridgehead atoms. The third kappa shape index (κ3) is 5.63. The zero-order valence-corrected chi connectivity index (χ0v) is 19.6. The number of amides is 1. The number of aromatic nitrogens is 3. The molecule has 4 rings (SSSR count). The Morgan fingerprint density at radius 2 is 1.80 bits per heavy atom.